The van der Waals surface area contributed by atoms with Crippen LogP contribution in [-0.2, 0) is 4.74 Å². The molecule has 2 atom stereocenters. The predicted octanol–water partition coefficient (Wildman–Crippen LogP) is 4.97. The molecule has 0 spiro atoms. The first-order valence-electron chi connectivity index (χ1n) is 8.59. The summed E-state index contributed by atoms with van der Waals surface area (Å²) in [6.07, 6.45) is 3.78. The van der Waals surface area contributed by atoms with Crippen molar-refractivity contribution >= 4 is 32.7 Å². The molecule has 1 aliphatic heterocycles. The second-order valence-corrected chi connectivity index (χ2v) is 7.37. The molecular weight excluding hydrogens is 378 g/mol. The fraction of sp³-hybridized carbons (Fsp3) is 0.300. The number of anilines is 1. The maximum atomic E-state index is 5.57. The van der Waals surface area contributed by atoms with Crippen molar-refractivity contribution in [3.05, 3.63) is 64.9 Å². The standard InChI is InChI=1S/C20H20BrN3O/c21-16-6-7-18-17(11-16)20(23-13-22-18)24-19(10-14-8-9-25-12-14)15-4-2-1-3-5-15/h1-7,11,13-14,19H,8-10,12H2,(H,22,23,24). The number of nitrogens with one attached hydrogen (secondary N) is 1. The predicted molar refractivity (Wildman–Crippen MR) is 104 cm³/mol. The molecule has 2 unspecified atom stereocenters. The minimum absolute atomic E-state index is 0.199. The molecule has 25 heavy (non-hydrogen) atoms. The molecule has 2 heterocycles. The van der Waals surface area contributed by atoms with Crippen LogP contribution >= 0.6 is 15.9 Å². The molecule has 5 heteroatoms. The second-order valence-electron chi connectivity index (χ2n) is 6.46. The van der Waals surface area contributed by atoms with Crippen LogP contribution in [-0.4, -0.2) is 23.2 Å². The summed E-state index contributed by atoms with van der Waals surface area (Å²) in [7, 11) is 0. The number of nitrogens with zero attached hydrogens (tertiary/aromatic N) is 2. The number of halogens is 1. The number of fused-ring (bicyclic) bond motifs is 1. The quantitative estimate of drug-likeness (QED) is 0.659. The van der Waals surface area contributed by atoms with Gasteiger partial charge in [0.15, 0.2) is 0 Å². The van der Waals surface area contributed by atoms with E-state index in [9.17, 15) is 0 Å². The van der Waals surface area contributed by atoms with Crippen LogP contribution in [0, 0.1) is 5.92 Å². The van der Waals surface area contributed by atoms with Gasteiger partial charge in [0.25, 0.3) is 0 Å². The monoisotopic (exact) mass is 397 g/mol. The van der Waals surface area contributed by atoms with Crippen LogP contribution in [0.5, 0.6) is 0 Å². The molecule has 3 aromatic rings. The SMILES string of the molecule is Brc1ccc2ncnc(NC(CC3CCOC3)c3ccccc3)c2c1. The smallest absolute Gasteiger partial charge is 0.137 e. The Bertz CT molecular complexity index is 850. The Balaban J connectivity index is 1.67. The van der Waals surface area contributed by atoms with Crippen molar-refractivity contribution in [2.45, 2.75) is 18.9 Å². The molecule has 0 saturated carbocycles. The third-order valence-electron chi connectivity index (χ3n) is 4.70. The number of ether oxygens (including phenoxy) is 1. The van der Waals surface area contributed by atoms with Crippen molar-refractivity contribution in [1.82, 2.24) is 9.97 Å². The number of hydrogen-bond donors (Lipinski definition) is 1. The van der Waals surface area contributed by atoms with Crippen molar-refractivity contribution in [1.29, 1.82) is 0 Å². The largest absolute Gasteiger partial charge is 0.381 e. The number of aromatic nitrogens is 2. The molecule has 2 aromatic carbocycles. The molecular formula is C20H20BrN3O. The molecule has 1 fully saturated rings. The Kier molecular flexibility index (Phi) is 4.95. The Morgan fingerprint density at radius 2 is 2.04 bits per heavy atom. The van der Waals surface area contributed by atoms with Crippen molar-refractivity contribution in [2.75, 3.05) is 18.5 Å². The van der Waals surface area contributed by atoms with E-state index in [1.807, 2.05) is 12.1 Å². The average Bonchev–Trinajstić information content (AvgIpc) is 3.15. The van der Waals surface area contributed by atoms with E-state index >= 15 is 0 Å². The van der Waals surface area contributed by atoms with Crippen LogP contribution < -0.4 is 5.32 Å². The summed E-state index contributed by atoms with van der Waals surface area (Å²) in [6.45, 7) is 1.72. The van der Waals surface area contributed by atoms with Gasteiger partial charge < -0.3 is 10.1 Å². The van der Waals surface area contributed by atoms with E-state index in [4.69, 9.17) is 4.74 Å². The maximum Gasteiger partial charge on any atom is 0.137 e. The van der Waals surface area contributed by atoms with Crippen molar-refractivity contribution in [2.24, 2.45) is 5.92 Å². The van der Waals surface area contributed by atoms with Crippen LogP contribution in [0.25, 0.3) is 10.9 Å². The van der Waals surface area contributed by atoms with Gasteiger partial charge in [-0.25, -0.2) is 9.97 Å². The van der Waals surface area contributed by atoms with Crippen molar-refractivity contribution < 1.29 is 4.74 Å². The molecule has 0 amide bonds. The average molecular weight is 398 g/mol. The minimum Gasteiger partial charge on any atom is -0.381 e. The lowest BCUT2D eigenvalue weighted by atomic mass is 9.94. The molecule has 1 N–H and O–H groups in total. The Hall–Kier alpha value is -1.98. The zero-order valence-electron chi connectivity index (χ0n) is 13.9. The molecule has 1 aliphatic rings. The summed E-state index contributed by atoms with van der Waals surface area (Å²) in [6, 6.07) is 16.9. The van der Waals surface area contributed by atoms with E-state index in [1.165, 1.54) is 5.56 Å². The summed E-state index contributed by atoms with van der Waals surface area (Å²) >= 11 is 3.55. The summed E-state index contributed by atoms with van der Waals surface area (Å²) < 4.78 is 6.60. The number of benzene rings is 2. The van der Waals surface area contributed by atoms with Crippen LogP contribution in [0.3, 0.4) is 0 Å². The molecule has 4 nitrogen and oxygen atoms in total. The van der Waals surface area contributed by atoms with Crippen LogP contribution in [0.4, 0.5) is 5.82 Å². The Morgan fingerprint density at radius 3 is 2.84 bits per heavy atom. The summed E-state index contributed by atoms with van der Waals surface area (Å²) in [4.78, 5) is 8.89. The highest BCUT2D eigenvalue weighted by Crippen LogP contribution is 2.31. The zero-order valence-corrected chi connectivity index (χ0v) is 15.4. The Labute approximate surface area is 155 Å². The fourth-order valence-electron chi connectivity index (χ4n) is 3.38. The molecule has 0 bridgehead atoms. The fourth-order valence-corrected chi connectivity index (χ4v) is 3.74. The highest BCUT2D eigenvalue weighted by Gasteiger charge is 2.22. The topological polar surface area (TPSA) is 47.0 Å². The van der Waals surface area contributed by atoms with Gasteiger partial charge in [-0.15, -0.1) is 0 Å². The zero-order chi connectivity index (χ0) is 17.1. The normalized spacial score (nSPS) is 18.4. The van der Waals surface area contributed by atoms with Crippen molar-refractivity contribution in [3.8, 4) is 0 Å². The molecule has 1 saturated heterocycles. The van der Waals surface area contributed by atoms with Gasteiger partial charge in [-0.05, 0) is 42.5 Å². The highest BCUT2D eigenvalue weighted by molar-refractivity contribution is 9.10. The summed E-state index contributed by atoms with van der Waals surface area (Å²) in [5, 5.41) is 4.69. The van der Waals surface area contributed by atoms with E-state index in [1.54, 1.807) is 6.33 Å². The van der Waals surface area contributed by atoms with E-state index in [2.05, 4.69) is 67.6 Å². The first kappa shape index (κ1) is 16.5. The van der Waals surface area contributed by atoms with E-state index < -0.39 is 0 Å². The van der Waals surface area contributed by atoms with Gasteiger partial charge in [-0.3, -0.25) is 0 Å². The highest BCUT2D eigenvalue weighted by atomic mass is 79.9. The van der Waals surface area contributed by atoms with Gasteiger partial charge in [-0.2, -0.15) is 0 Å². The number of rotatable bonds is 5. The van der Waals surface area contributed by atoms with Gasteiger partial charge in [0.1, 0.15) is 12.1 Å². The van der Waals surface area contributed by atoms with E-state index in [0.717, 1.165) is 47.2 Å². The summed E-state index contributed by atoms with van der Waals surface area (Å²) in [5.41, 5.74) is 2.22. The van der Waals surface area contributed by atoms with Gasteiger partial charge in [0, 0.05) is 23.1 Å². The van der Waals surface area contributed by atoms with Gasteiger partial charge >= 0.3 is 0 Å². The number of hydrogen-bond acceptors (Lipinski definition) is 4. The van der Waals surface area contributed by atoms with Crippen LogP contribution in [0.15, 0.2) is 59.3 Å². The first-order valence-corrected chi connectivity index (χ1v) is 9.38. The van der Waals surface area contributed by atoms with E-state index in [0.29, 0.717) is 5.92 Å². The van der Waals surface area contributed by atoms with E-state index in [-0.39, 0.29) is 6.04 Å². The summed E-state index contributed by atoms with van der Waals surface area (Å²) in [5.74, 6) is 1.46. The molecule has 0 aliphatic carbocycles. The van der Waals surface area contributed by atoms with Gasteiger partial charge in [-0.1, -0.05) is 46.3 Å². The molecule has 0 radical (unpaired) electrons. The lowest BCUT2D eigenvalue weighted by Crippen LogP contribution is -2.17. The van der Waals surface area contributed by atoms with Crippen LogP contribution in [0.2, 0.25) is 0 Å². The maximum absolute atomic E-state index is 5.57. The molecule has 4 rings (SSSR count). The minimum atomic E-state index is 0.199. The lowest BCUT2D eigenvalue weighted by Gasteiger charge is -2.23. The Morgan fingerprint density at radius 1 is 1.16 bits per heavy atom. The first-order chi connectivity index (χ1) is 12.3. The molecule has 128 valence electrons. The molecule has 1 aromatic heterocycles. The second kappa shape index (κ2) is 7.50. The lowest BCUT2D eigenvalue weighted by molar-refractivity contribution is 0.183. The van der Waals surface area contributed by atoms with Crippen molar-refractivity contribution in [3.63, 3.8) is 0 Å². The third kappa shape index (κ3) is 3.83. The van der Waals surface area contributed by atoms with Crippen LogP contribution in [0.1, 0.15) is 24.4 Å². The van der Waals surface area contributed by atoms with Gasteiger partial charge in [0.05, 0.1) is 11.6 Å². The van der Waals surface area contributed by atoms with Gasteiger partial charge in [0.2, 0.25) is 0 Å². The third-order valence-corrected chi connectivity index (χ3v) is 5.20.